The average molecular weight is 1140 g/mol. The van der Waals surface area contributed by atoms with Crippen molar-refractivity contribution in [3.05, 3.63) is 11.6 Å². The number of hydrogen-bond acceptors (Lipinski definition) is 15. The Bertz CT molecular complexity index is 1970. The van der Waals surface area contributed by atoms with Crippen LogP contribution in [0, 0.1) is 0 Å². The van der Waals surface area contributed by atoms with E-state index in [1.54, 1.807) is 88.0 Å². The van der Waals surface area contributed by atoms with Crippen molar-refractivity contribution in [2.75, 3.05) is 65.4 Å². The van der Waals surface area contributed by atoms with Gasteiger partial charge in [-0.1, -0.05) is 0 Å². The zero-order valence-electron chi connectivity index (χ0n) is 49.7. The van der Waals surface area contributed by atoms with Gasteiger partial charge in [-0.05, 0) is 136 Å². The molecule has 20 nitrogen and oxygen atoms in total. The second-order valence-corrected chi connectivity index (χ2v) is 29.8. The lowest BCUT2D eigenvalue weighted by Crippen LogP contribution is -2.48. The summed E-state index contributed by atoms with van der Waals surface area (Å²) >= 11 is 0. The molecule has 1 unspecified atom stereocenters. The largest absolute Gasteiger partial charge is 0.545 e. The molecule has 4 saturated heterocycles. The van der Waals surface area contributed by atoms with E-state index in [0.29, 0.717) is 57.7 Å². The van der Waals surface area contributed by atoms with Gasteiger partial charge in [0.25, 0.3) is 0 Å². The predicted molar refractivity (Wildman–Crippen MR) is 286 cm³/mol. The fourth-order valence-corrected chi connectivity index (χ4v) is 7.93. The third kappa shape index (κ3) is 30.5. The van der Waals surface area contributed by atoms with Crippen LogP contribution in [0.3, 0.4) is 0 Å². The molecule has 0 aromatic rings. The lowest BCUT2D eigenvalue weighted by Gasteiger charge is -2.33. The Morgan fingerprint density at radius 3 is 1.09 bits per heavy atom. The number of aliphatic hydroxyl groups is 2. The number of Topliss-reactive ketones (excluding diaryl/α,β-unsaturated/α-hetero) is 2. The molecular weight excluding hydrogens is 1050 g/mol. The molecule has 25 heteroatoms. The summed E-state index contributed by atoms with van der Waals surface area (Å²) in [5, 5.41) is 18.3. The van der Waals surface area contributed by atoms with Crippen molar-refractivity contribution in [1.29, 1.82) is 0 Å². The van der Waals surface area contributed by atoms with Crippen LogP contribution in [0.25, 0.3) is 0 Å². The van der Waals surface area contributed by atoms with Gasteiger partial charge in [0.1, 0.15) is 51.9 Å². The quantitative estimate of drug-likeness (QED) is 0.149. The van der Waals surface area contributed by atoms with E-state index in [9.17, 15) is 51.1 Å². The molecule has 0 aromatic carbocycles. The van der Waals surface area contributed by atoms with Crippen molar-refractivity contribution in [2.24, 2.45) is 0 Å². The van der Waals surface area contributed by atoms with Gasteiger partial charge in [0.05, 0.1) is 38.4 Å². The molecule has 452 valence electrons. The number of likely N-dealkylation sites (tertiary alicyclic amines) is 4. The number of ketones is 2. The highest BCUT2D eigenvalue weighted by Crippen LogP contribution is 2.26. The van der Waals surface area contributed by atoms with Crippen LogP contribution in [0.15, 0.2) is 11.6 Å². The number of nitrogens with zero attached hydrogens (tertiary/aromatic N) is 5. The molecule has 0 aromatic heterocycles. The van der Waals surface area contributed by atoms with Crippen molar-refractivity contribution in [2.45, 2.75) is 221 Å². The molecule has 5 aliphatic rings. The second-order valence-electron chi connectivity index (χ2n) is 25.4. The van der Waals surface area contributed by atoms with E-state index in [1.165, 1.54) is 19.6 Å². The second kappa shape index (κ2) is 30.1. The summed E-state index contributed by atoms with van der Waals surface area (Å²) in [6, 6.07) is 0. The molecular formula is C53H93F4N5O15Si. The monoisotopic (exact) mass is 1140 g/mol. The highest BCUT2D eigenvalue weighted by atomic mass is 28.4. The molecule has 0 radical (unpaired) electrons. The van der Waals surface area contributed by atoms with E-state index in [2.05, 4.69) is 0 Å². The fourth-order valence-electron chi connectivity index (χ4n) is 6.98. The predicted octanol–water partition coefficient (Wildman–Crippen LogP) is 9.43. The molecule has 5 aliphatic heterocycles. The number of carbonyl (C=O) groups excluding carboxylic acids is 7. The molecule has 78 heavy (non-hydrogen) atoms. The van der Waals surface area contributed by atoms with Crippen molar-refractivity contribution >= 4 is 50.4 Å². The Hall–Kier alpha value is -4.91. The van der Waals surface area contributed by atoms with Crippen molar-refractivity contribution in [1.82, 2.24) is 24.5 Å². The first kappa shape index (κ1) is 71.1. The van der Waals surface area contributed by atoms with Crippen LogP contribution in [0.5, 0.6) is 0 Å². The van der Waals surface area contributed by atoms with Crippen LogP contribution in [-0.4, -0.2) is 209 Å². The Morgan fingerprint density at radius 2 is 0.782 bits per heavy atom. The highest BCUT2D eigenvalue weighted by Gasteiger charge is 2.36. The Balaban J connectivity index is 0.000000489. The number of amides is 5. The number of hydrogen-bond donors (Lipinski definition) is 2. The molecule has 5 rings (SSSR count). The van der Waals surface area contributed by atoms with Crippen LogP contribution in [0.4, 0.5) is 41.5 Å². The van der Waals surface area contributed by atoms with E-state index in [-0.39, 0.29) is 69.7 Å². The van der Waals surface area contributed by atoms with Crippen LogP contribution in [-0.2, 0) is 37.7 Å². The van der Waals surface area contributed by atoms with Crippen LogP contribution in [0.2, 0.25) is 19.6 Å². The van der Waals surface area contributed by atoms with E-state index in [1.807, 2.05) is 40.4 Å². The minimum Gasteiger partial charge on any atom is -0.545 e. The zero-order chi connectivity index (χ0) is 60.5. The number of halogens is 4. The first-order chi connectivity index (χ1) is 35.2. The summed E-state index contributed by atoms with van der Waals surface area (Å²) in [4.78, 5) is 86.5. The summed E-state index contributed by atoms with van der Waals surface area (Å²) in [7, 11) is -1.81. The maximum absolute atomic E-state index is 13.9. The number of alkyl halides is 3. The zero-order valence-corrected chi connectivity index (χ0v) is 50.7. The maximum Gasteiger partial charge on any atom is 0.410 e. The molecule has 5 amide bonds. The Morgan fingerprint density at radius 1 is 0.474 bits per heavy atom. The summed E-state index contributed by atoms with van der Waals surface area (Å²) in [5.74, 6) is -0.168. The molecule has 2 N–H and O–H groups in total. The molecule has 0 spiro atoms. The summed E-state index contributed by atoms with van der Waals surface area (Å²) < 4.78 is 84.6. The van der Waals surface area contributed by atoms with Gasteiger partial charge in [-0.25, -0.2) is 41.5 Å². The fraction of sp³-hybridized carbons (Fsp3) is 0.830. The standard InChI is InChI=1S/C13H24FNO3Si.2C10H18FNO3.C10H16FNO3.C10H17NO3/c1-13(2,3)17-12(16)15-8-7-11(10(14)9-15)18-19(4,5)6;3*1-10(2,3)15-9(14)12-5-4-8(13)7(11)6-12;1-10(2,3)14-9(13)11-6-4-8(12)5-7-11/h7-9H2,1-6H3;2*7-8,13H,4-6H2,1-3H3;7H,4-6H2,1-3H3;4-7H2,1-3H3/t;7-,8+;7-,8-;;/m.00../s1. The molecule has 5 atom stereocenters. The van der Waals surface area contributed by atoms with E-state index in [4.69, 9.17) is 38.3 Å². The summed E-state index contributed by atoms with van der Waals surface area (Å²) in [6.45, 7) is 34.6. The average Bonchev–Trinajstić information content (AvgIpc) is 3.25. The number of piperidine rings is 4. The maximum atomic E-state index is 13.9. The van der Waals surface area contributed by atoms with E-state index >= 15 is 0 Å². The number of carbonyl (C=O) groups is 7. The van der Waals surface area contributed by atoms with Crippen LogP contribution in [0.1, 0.15) is 142 Å². The van der Waals surface area contributed by atoms with Gasteiger partial charge in [0, 0.05) is 65.0 Å². The highest BCUT2D eigenvalue weighted by molar-refractivity contribution is 6.70. The van der Waals surface area contributed by atoms with Crippen molar-refractivity contribution in [3.8, 4) is 0 Å². The Labute approximate surface area is 460 Å². The van der Waals surface area contributed by atoms with Crippen LogP contribution >= 0.6 is 0 Å². The smallest absolute Gasteiger partial charge is 0.410 e. The van der Waals surface area contributed by atoms with E-state index < -0.39 is 97.2 Å². The van der Waals surface area contributed by atoms with E-state index in [0.717, 1.165) is 0 Å². The molecule has 0 aliphatic carbocycles. The lowest BCUT2D eigenvalue weighted by atomic mass is 10.1. The third-order valence-electron chi connectivity index (χ3n) is 10.6. The van der Waals surface area contributed by atoms with Gasteiger partial charge in [-0.15, -0.1) is 0 Å². The lowest BCUT2D eigenvalue weighted by molar-refractivity contribution is -0.127. The van der Waals surface area contributed by atoms with Gasteiger partial charge in [-0.2, -0.15) is 0 Å². The normalized spacial score (nSPS) is 22.6. The number of ether oxygens (including phenoxy) is 5. The molecule has 0 saturated carbocycles. The molecule has 5 heterocycles. The SMILES string of the molecule is CC(C)(C)OC(=O)N1CCC(=O)C(F)C1.CC(C)(C)OC(=O)N1CCC(=O)CC1.CC(C)(C)OC(=O)N1CCC(O[Si](C)(C)C)=C(F)C1.CC(C)(C)OC(=O)N1CC[C@@H](O)[C@@H](F)C1.CC(C)(C)OC(=O)N1CC[C@H](O)[C@@H](F)C1. The van der Waals surface area contributed by atoms with Gasteiger partial charge in [0.2, 0.25) is 8.32 Å². The van der Waals surface area contributed by atoms with Gasteiger partial charge >= 0.3 is 30.5 Å². The Kier molecular flexibility index (Phi) is 27.4. The summed E-state index contributed by atoms with van der Waals surface area (Å²) in [6.07, 6.45) is -6.67. The number of rotatable bonds is 2. The first-order valence-electron chi connectivity index (χ1n) is 26.5. The van der Waals surface area contributed by atoms with Crippen molar-refractivity contribution in [3.63, 3.8) is 0 Å². The van der Waals surface area contributed by atoms with Crippen LogP contribution < -0.4 is 0 Å². The number of aliphatic hydroxyl groups excluding tert-OH is 2. The molecule has 4 fully saturated rings. The minimum atomic E-state index is -1.81. The topological polar surface area (TPSA) is 232 Å². The van der Waals surface area contributed by atoms with Gasteiger partial charge in [-0.3, -0.25) is 9.59 Å². The third-order valence-corrected chi connectivity index (χ3v) is 11.5. The minimum absolute atomic E-state index is 0.0608. The molecule has 0 bridgehead atoms. The van der Waals surface area contributed by atoms with Gasteiger partial charge in [0.15, 0.2) is 17.8 Å². The summed E-state index contributed by atoms with van der Waals surface area (Å²) in [5.41, 5.74) is -2.76. The first-order valence-corrected chi connectivity index (χ1v) is 29.9. The van der Waals surface area contributed by atoms with Crippen molar-refractivity contribution < 1.29 is 89.4 Å². The van der Waals surface area contributed by atoms with Gasteiger partial charge < -0.3 is 62.8 Å².